The van der Waals surface area contributed by atoms with Gasteiger partial charge in [0.25, 0.3) is 5.91 Å². The van der Waals surface area contributed by atoms with Crippen molar-refractivity contribution in [1.82, 2.24) is 0 Å². The Morgan fingerprint density at radius 1 is 1.03 bits per heavy atom. The van der Waals surface area contributed by atoms with E-state index in [1.807, 2.05) is 0 Å². The molecule has 4 rings (SSSR count). The average Bonchev–Trinajstić information content (AvgIpc) is 3.11. The molecule has 1 amide bonds. The van der Waals surface area contributed by atoms with E-state index < -0.39 is 23.5 Å². The van der Waals surface area contributed by atoms with Gasteiger partial charge in [0.1, 0.15) is 5.71 Å². The van der Waals surface area contributed by atoms with Crippen molar-refractivity contribution in [2.24, 2.45) is 5.10 Å². The third-order valence-corrected chi connectivity index (χ3v) is 6.02. The summed E-state index contributed by atoms with van der Waals surface area (Å²) in [4.78, 5) is 26.3. The molecule has 166 valence electrons. The fourth-order valence-electron chi connectivity index (χ4n) is 3.92. The van der Waals surface area contributed by atoms with Crippen LogP contribution in [0.1, 0.15) is 17.0 Å². The molecule has 0 aliphatic carbocycles. The number of para-hydroxylation sites is 1. The van der Waals surface area contributed by atoms with Crippen LogP contribution in [0.15, 0.2) is 107 Å². The summed E-state index contributed by atoms with van der Waals surface area (Å²) in [6, 6.07) is 23.9. The molecule has 0 spiro atoms. The number of amides is 1. The maximum absolute atomic E-state index is 17.4. The van der Waals surface area contributed by atoms with Crippen molar-refractivity contribution >= 4 is 39.2 Å². The third-order valence-electron chi connectivity index (χ3n) is 5.49. The largest absolute Gasteiger partial charge is 0.466 e. The van der Waals surface area contributed by atoms with Gasteiger partial charge < -0.3 is 4.74 Å². The number of carbonyl (C=O) groups excluding carboxylic acids is 2. The number of hydrazone groups is 1. The van der Waals surface area contributed by atoms with Gasteiger partial charge in [-0.3, -0.25) is 4.79 Å². The summed E-state index contributed by atoms with van der Waals surface area (Å²) in [5.74, 6) is -3.07. The lowest BCUT2D eigenvalue weighted by Crippen LogP contribution is -2.49. The summed E-state index contributed by atoms with van der Waals surface area (Å²) in [5, 5.41) is 5.46. The number of benzene rings is 3. The van der Waals surface area contributed by atoms with Gasteiger partial charge in [0.15, 0.2) is 0 Å². The van der Waals surface area contributed by atoms with Gasteiger partial charge in [-0.15, -0.1) is 0 Å². The molecular weight excluding hydrogens is 487 g/mol. The van der Waals surface area contributed by atoms with Crippen LogP contribution in [-0.2, 0) is 14.3 Å². The number of rotatable bonds is 6. The van der Waals surface area contributed by atoms with Crippen molar-refractivity contribution in [1.29, 1.82) is 0 Å². The highest BCUT2D eigenvalue weighted by Gasteiger charge is 2.60. The molecule has 0 fully saturated rings. The molecule has 0 aromatic heterocycles. The molecule has 33 heavy (non-hydrogen) atoms. The van der Waals surface area contributed by atoms with Gasteiger partial charge in [0.05, 0.1) is 18.7 Å². The van der Waals surface area contributed by atoms with E-state index in [0.29, 0.717) is 16.8 Å². The summed E-state index contributed by atoms with van der Waals surface area (Å²) in [5.41, 5.74) is -1.78. The lowest BCUT2D eigenvalue weighted by Gasteiger charge is -2.31. The number of hydrogen-bond donors (Lipinski definition) is 0. The quantitative estimate of drug-likeness (QED) is 0.331. The van der Waals surface area contributed by atoms with E-state index >= 15 is 4.39 Å². The molecule has 0 saturated carbocycles. The van der Waals surface area contributed by atoms with E-state index in [0.717, 1.165) is 9.48 Å². The molecule has 1 aliphatic heterocycles. The highest BCUT2D eigenvalue weighted by molar-refractivity contribution is 9.10. The Morgan fingerprint density at radius 3 is 2.18 bits per heavy atom. The fraction of sp³-hybridized carbons (Fsp3) is 0.115. The zero-order valence-corrected chi connectivity index (χ0v) is 19.3. The summed E-state index contributed by atoms with van der Waals surface area (Å²) >= 11 is 3.37. The first-order valence-electron chi connectivity index (χ1n) is 10.1. The van der Waals surface area contributed by atoms with E-state index in [1.165, 1.54) is 7.11 Å². The SMILES string of the molecule is C=C(C(=O)OC)C(c1ccccc1)C1(F)C(=O)N(c2ccccc2)N=C1c1ccc(Br)cc1. The molecule has 0 radical (unpaired) electrons. The fourth-order valence-corrected chi connectivity index (χ4v) is 4.18. The van der Waals surface area contributed by atoms with Gasteiger partial charge in [-0.2, -0.15) is 10.1 Å². The van der Waals surface area contributed by atoms with Crippen molar-refractivity contribution in [3.8, 4) is 0 Å². The van der Waals surface area contributed by atoms with Crippen LogP contribution in [0.25, 0.3) is 0 Å². The number of ether oxygens (including phenoxy) is 1. The normalized spacial score (nSPS) is 18.6. The molecule has 7 heteroatoms. The zero-order valence-electron chi connectivity index (χ0n) is 17.7. The van der Waals surface area contributed by atoms with E-state index in [-0.39, 0.29) is 11.3 Å². The van der Waals surface area contributed by atoms with Gasteiger partial charge in [0.2, 0.25) is 5.67 Å². The first-order valence-corrected chi connectivity index (χ1v) is 10.9. The Morgan fingerprint density at radius 2 is 1.61 bits per heavy atom. The molecule has 3 aromatic carbocycles. The minimum absolute atomic E-state index is 0.109. The predicted octanol–water partition coefficient (Wildman–Crippen LogP) is 5.42. The molecule has 3 aromatic rings. The lowest BCUT2D eigenvalue weighted by atomic mass is 9.74. The van der Waals surface area contributed by atoms with E-state index in [2.05, 4.69) is 27.6 Å². The molecular formula is C26H20BrFN2O3. The maximum atomic E-state index is 17.4. The highest BCUT2D eigenvalue weighted by Crippen LogP contribution is 2.45. The van der Waals surface area contributed by atoms with Crippen LogP contribution in [0.5, 0.6) is 0 Å². The number of methoxy groups -OCH3 is 1. The Bertz CT molecular complexity index is 1230. The molecule has 0 N–H and O–H groups in total. The first-order chi connectivity index (χ1) is 15.9. The smallest absolute Gasteiger partial charge is 0.333 e. The number of esters is 1. The summed E-state index contributed by atoms with van der Waals surface area (Å²) in [6.07, 6.45) is 0. The highest BCUT2D eigenvalue weighted by atomic mass is 79.9. The maximum Gasteiger partial charge on any atom is 0.333 e. The van der Waals surface area contributed by atoms with Crippen molar-refractivity contribution < 1.29 is 18.7 Å². The molecule has 2 atom stereocenters. The van der Waals surface area contributed by atoms with Gasteiger partial charge in [-0.25, -0.2) is 9.18 Å². The Hall–Kier alpha value is -3.58. The van der Waals surface area contributed by atoms with Crippen LogP contribution in [0.2, 0.25) is 0 Å². The number of carbonyl (C=O) groups is 2. The summed E-state index contributed by atoms with van der Waals surface area (Å²) < 4.78 is 23.0. The molecule has 5 nitrogen and oxygen atoms in total. The number of halogens is 2. The van der Waals surface area contributed by atoms with Crippen LogP contribution >= 0.6 is 15.9 Å². The van der Waals surface area contributed by atoms with E-state index in [4.69, 9.17) is 4.74 Å². The Labute approximate surface area is 199 Å². The second-order valence-corrected chi connectivity index (χ2v) is 8.40. The number of alkyl halides is 1. The monoisotopic (exact) mass is 506 g/mol. The Balaban J connectivity index is 1.95. The van der Waals surface area contributed by atoms with Crippen molar-refractivity contribution in [3.05, 3.63) is 113 Å². The minimum Gasteiger partial charge on any atom is -0.466 e. The average molecular weight is 507 g/mol. The minimum atomic E-state index is -2.71. The van der Waals surface area contributed by atoms with Crippen molar-refractivity contribution in [3.63, 3.8) is 0 Å². The molecule has 2 unspecified atom stereocenters. The number of anilines is 1. The predicted molar refractivity (Wildman–Crippen MR) is 129 cm³/mol. The van der Waals surface area contributed by atoms with Crippen LogP contribution < -0.4 is 5.01 Å². The molecule has 1 aliphatic rings. The van der Waals surface area contributed by atoms with Crippen LogP contribution in [0.4, 0.5) is 10.1 Å². The molecule has 1 heterocycles. The second kappa shape index (κ2) is 9.11. The van der Waals surface area contributed by atoms with Gasteiger partial charge in [-0.05, 0) is 29.8 Å². The Kier molecular flexibility index (Phi) is 6.24. The van der Waals surface area contributed by atoms with E-state index in [1.54, 1.807) is 84.9 Å². The first kappa shape index (κ1) is 22.6. The second-order valence-electron chi connectivity index (χ2n) is 7.48. The standard InChI is InChI=1S/C26H20BrFN2O3/c1-17(24(31)33-2)22(18-9-5-3-6-10-18)26(28)23(19-13-15-20(27)16-14-19)29-30(25(26)32)21-11-7-4-8-12-21/h3-16,22H,1H2,2H3. The topological polar surface area (TPSA) is 59.0 Å². The van der Waals surface area contributed by atoms with Gasteiger partial charge in [-0.1, -0.05) is 83.2 Å². The number of nitrogens with zero attached hydrogens (tertiary/aromatic N) is 2. The van der Waals surface area contributed by atoms with Crippen molar-refractivity contribution in [2.45, 2.75) is 11.6 Å². The van der Waals surface area contributed by atoms with Crippen LogP contribution in [0.3, 0.4) is 0 Å². The summed E-state index contributed by atoms with van der Waals surface area (Å²) in [6.45, 7) is 3.82. The third kappa shape index (κ3) is 4.00. The molecule has 0 bridgehead atoms. The van der Waals surface area contributed by atoms with Gasteiger partial charge >= 0.3 is 5.97 Å². The lowest BCUT2D eigenvalue weighted by molar-refractivity contribution is -0.137. The van der Waals surface area contributed by atoms with E-state index in [9.17, 15) is 9.59 Å². The van der Waals surface area contributed by atoms with Crippen molar-refractivity contribution in [2.75, 3.05) is 12.1 Å². The van der Waals surface area contributed by atoms with Gasteiger partial charge in [0, 0.05) is 15.6 Å². The number of hydrogen-bond acceptors (Lipinski definition) is 4. The van der Waals surface area contributed by atoms with Crippen LogP contribution in [-0.4, -0.2) is 30.4 Å². The zero-order chi connectivity index (χ0) is 23.6. The molecule has 0 saturated heterocycles. The summed E-state index contributed by atoms with van der Waals surface area (Å²) in [7, 11) is 1.19. The van der Waals surface area contributed by atoms with Crippen LogP contribution in [0, 0.1) is 0 Å².